The van der Waals surface area contributed by atoms with E-state index in [1.54, 1.807) is 12.3 Å². The molecule has 1 aliphatic carbocycles. The molecule has 1 atom stereocenters. The fourth-order valence-corrected chi connectivity index (χ4v) is 7.37. The second-order valence-electron chi connectivity index (χ2n) is 10.8. The number of carbonyl (C=O) groups excluding carboxylic acids is 2. The van der Waals surface area contributed by atoms with Crippen molar-refractivity contribution in [3.63, 3.8) is 0 Å². The molecule has 3 aromatic rings. The zero-order valence-corrected chi connectivity index (χ0v) is 24.7. The Bertz CT molecular complexity index is 1720. The molecule has 15 heteroatoms. The highest BCUT2D eigenvalue weighted by atomic mass is 32.2. The van der Waals surface area contributed by atoms with Gasteiger partial charge in [0.2, 0.25) is 21.7 Å². The molecule has 0 bridgehead atoms. The third kappa shape index (κ3) is 6.02. The first kappa shape index (κ1) is 32.4. The number of anilines is 1. The summed E-state index contributed by atoms with van der Waals surface area (Å²) in [6.07, 6.45) is 6.75. The van der Waals surface area contributed by atoms with Crippen LogP contribution in [0.5, 0.6) is 0 Å². The van der Waals surface area contributed by atoms with Gasteiger partial charge in [0.25, 0.3) is 0 Å². The van der Waals surface area contributed by atoms with Crippen LogP contribution in [0.4, 0.5) is 32.0 Å². The first-order valence-electron chi connectivity index (χ1n) is 14.0. The molecule has 0 unspecified atom stereocenters. The van der Waals surface area contributed by atoms with E-state index in [-0.39, 0.29) is 29.9 Å². The zero-order chi connectivity index (χ0) is 32.6. The Kier molecular flexibility index (Phi) is 9.21. The molecule has 1 aliphatic heterocycles. The summed E-state index contributed by atoms with van der Waals surface area (Å²) in [7, 11) is -4.35. The predicted octanol–water partition coefficient (Wildman–Crippen LogP) is 5.75. The first-order valence-corrected chi connectivity index (χ1v) is 15.5. The van der Waals surface area contributed by atoms with E-state index in [1.807, 2.05) is 6.07 Å². The third-order valence-electron chi connectivity index (χ3n) is 8.16. The lowest BCUT2D eigenvalue weighted by Crippen LogP contribution is -2.59. The Balaban J connectivity index is 1.49. The number of esters is 1. The van der Waals surface area contributed by atoms with Crippen LogP contribution in [0.15, 0.2) is 41.4 Å². The summed E-state index contributed by atoms with van der Waals surface area (Å²) in [4.78, 5) is 28.9. The molecule has 0 spiro atoms. The average Bonchev–Trinajstić information content (AvgIpc) is 3.01. The summed E-state index contributed by atoms with van der Waals surface area (Å²) in [5.74, 6) is -15.3. The molecule has 0 radical (unpaired) electrons. The van der Waals surface area contributed by atoms with Crippen LogP contribution in [0.25, 0.3) is 0 Å². The fourth-order valence-electron chi connectivity index (χ4n) is 5.63. The Morgan fingerprint density at radius 2 is 1.56 bits per heavy atom. The summed E-state index contributed by atoms with van der Waals surface area (Å²) in [5, 5.41) is 0. The minimum Gasteiger partial charge on any atom is -0.465 e. The van der Waals surface area contributed by atoms with Crippen molar-refractivity contribution < 1.29 is 49.1 Å². The highest BCUT2D eigenvalue weighted by Crippen LogP contribution is 2.36. The minimum atomic E-state index is -5.44. The zero-order valence-electron chi connectivity index (χ0n) is 23.8. The van der Waals surface area contributed by atoms with Gasteiger partial charge in [-0.15, -0.1) is 0 Å². The summed E-state index contributed by atoms with van der Waals surface area (Å²) in [6.45, 7) is -0.880. The fraction of sp³-hybridized carbons (Fsp3) is 0.367. The molecule has 1 amide bonds. The van der Waals surface area contributed by atoms with Gasteiger partial charge >= 0.3 is 5.97 Å². The van der Waals surface area contributed by atoms with Gasteiger partial charge in [-0.3, -0.25) is 9.78 Å². The lowest BCUT2D eigenvalue weighted by Gasteiger charge is -2.41. The predicted molar refractivity (Wildman–Crippen MR) is 148 cm³/mol. The van der Waals surface area contributed by atoms with Crippen LogP contribution in [0, 0.1) is 34.9 Å². The Morgan fingerprint density at radius 3 is 2.09 bits per heavy atom. The van der Waals surface area contributed by atoms with Gasteiger partial charge in [-0.25, -0.2) is 39.6 Å². The van der Waals surface area contributed by atoms with Crippen molar-refractivity contribution in [2.45, 2.75) is 61.9 Å². The van der Waals surface area contributed by atoms with Gasteiger partial charge in [-0.1, -0.05) is 25.3 Å². The molecule has 2 heterocycles. The Hall–Kier alpha value is -3.98. The van der Waals surface area contributed by atoms with Crippen LogP contribution in [-0.2, 0) is 26.1 Å². The number of sulfonamides is 1. The van der Waals surface area contributed by atoms with Gasteiger partial charge < -0.3 is 9.64 Å². The van der Waals surface area contributed by atoms with Crippen LogP contribution in [-0.4, -0.2) is 49.3 Å². The normalized spacial score (nSPS) is 17.5. The number of ether oxygens (including phenoxy) is 1. The number of nitrogens with zero attached hydrogens (tertiary/aromatic N) is 3. The van der Waals surface area contributed by atoms with Crippen molar-refractivity contribution in [1.29, 1.82) is 0 Å². The lowest BCUT2D eigenvalue weighted by atomic mass is 9.85. The molecule has 45 heavy (non-hydrogen) atoms. The van der Waals surface area contributed by atoms with Crippen LogP contribution in [0.3, 0.4) is 0 Å². The maximum atomic E-state index is 15.4. The highest BCUT2D eigenvalue weighted by molar-refractivity contribution is 7.89. The maximum absolute atomic E-state index is 15.4. The third-order valence-corrected chi connectivity index (χ3v) is 10.1. The number of halogens is 6. The second kappa shape index (κ2) is 12.8. The molecule has 2 fully saturated rings. The van der Waals surface area contributed by atoms with Crippen molar-refractivity contribution in [3.05, 3.63) is 88.3 Å². The number of methoxy groups -OCH3 is 1. The van der Waals surface area contributed by atoms with E-state index in [0.29, 0.717) is 10.2 Å². The van der Waals surface area contributed by atoms with Crippen LogP contribution >= 0.6 is 0 Å². The minimum absolute atomic E-state index is 0.180. The molecule has 2 aliphatic rings. The van der Waals surface area contributed by atoms with Crippen molar-refractivity contribution in [3.8, 4) is 0 Å². The van der Waals surface area contributed by atoms with Crippen molar-refractivity contribution >= 4 is 27.6 Å². The molecule has 5 rings (SSSR count). The first-order chi connectivity index (χ1) is 21.4. The van der Waals surface area contributed by atoms with Crippen LogP contribution < -0.4 is 4.90 Å². The number of hydrogen-bond donors (Lipinski definition) is 0. The van der Waals surface area contributed by atoms with Crippen molar-refractivity contribution in [2.24, 2.45) is 0 Å². The Morgan fingerprint density at radius 1 is 0.911 bits per heavy atom. The SMILES string of the molecule is COC(=O)c1ccc(N(Cc2ccc(C3CCCCC3)cn2)C(=O)[C@H]2CCN2S(=O)(=O)c2c(F)c(F)c(F)c(F)c2F)c(F)c1. The number of hydrogen-bond acceptors (Lipinski definition) is 6. The number of benzene rings is 2. The van der Waals surface area contributed by atoms with Gasteiger partial charge in [0, 0.05) is 12.7 Å². The monoisotopic (exact) mass is 655 g/mol. The number of carbonyl (C=O) groups is 2. The molecule has 0 N–H and O–H groups in total. The summed E-state index contributed by atoms with van der Waals surface area (Å²) >= 11 is 0. The van der Waals surface area contributed by atoms with Crippen molar-refractivity contribution in [1.82, 2.24) is 9.29 Å². The number of amides is 1. The van der Waals surface area contributed by atoms with Gasteiger partial charge in [0.1, 0.15) is 11.9 Å². The van der Waals surface area contributed by atoms with E-state index in [1.165, 1.54) is 6.07 Å². The average molecular weight is 656 g/mol. The van der Waals surface area contributed by atoms with Crippen molar-refractivity contribution in [2.75, 3.05) is 18.6 Å². The second-order valence-corrected chi connectivity index (χ2v) is 12.6. The molecule has 2 aromatic carbocycles. The van der Waals surface area contributed by atoms with Gasteiger partial charge in [-0.2, -0.15) is 4.31 Å². The van der Waals surface area contributed by atoms with Crippen LogP contribution in [0.2, 0.25) is 0 Å². The summed E-state index contributed by atoms with van der Waals surface area (Å²) in [6, 6.07) is 4.86. The van der Waals surface area contributed by atoms with E-state index in [0.717, 1.165) is 61.8 Å². The maximum Gasteiger partial charge on any atom is 0.337 e. The molecule has 1 aromatic heterocycles. The lowest BCUT2D eigenvalue weighted by molar-refractivity contribution is -0.125. The summed E-state index contributed by atoms with van der Waals surface area (Å²) < 4.78 is 117. The van der Waals surface area contributed by atoms with E-state index in [4.69, 9.17) is 0 Å². The quantitative estimate of drug-likeness (QED) is 0.133. The van der Waals surface area contributed by atoms with E-state index in [9.17, 15) is 40.0 Å². The number of pyridine rings is 1. The molecular formula is C30H27F6N3O5S. The van der Waals surface area contributed by atoms with Gasteiger partial charge in [-0.05, 0) is 55.0 Å². The number of aromatic nitrogens is 1. The molecular weight excluding hydrogens is 628 g/mol. The largest absolute Gasteiger partial charge is 0.465 e. The van der Waals surface area contributed by atoms with E-state index >= 15 is 4.39 Å². The Labute approximate surface area is 254 Å². The topological polar surface area (TPSA) is 96.9 Å². The molecule has 1 saturated carbocycles. The number of rotatable bonds is 8. The van der Waals surface area contributed by atoms with Crippen LogP contribution in [0.1, 0.15) is 66.1 Å². The highest BCUT2D eigenvalue weighted by Gasteiger charge is 2.48. The summed E-state index contributed by atoms with van der Waals surface area (Å²) in [5.41, 5.74) is 0.712. The van der Waals surface area contributed by atoms with Gasteiger partial charge in [0.15, 0.2) is 28.2 Å². The van der Waals surface area contributed by atoms with Gasteiger partial charge in [0.05, 0.1) is 30.6 Å². The molecule has 240 valence electrons. The van der Waals surface area contributed by atoms with E-state index < -0.39 is 74.3 Å². The smallest absolute Gasteiger partial charge is 0.337 e. The standard InChI is InChI=1S/C30H27F6N3O5S/c1-44-30(41)17-8-10-21(20(31)13-17)38(15-19-9-7-18(14-37-19)16-5-3-2-4-6-16)29(40)22-11-12-39(22)45(42,43)28-26(35)24(33)23(32)25(34)27(28)36/h7-10,13-14,16,22H,2-6,11-12,15H2,1H3/t22-/m1/s1. The van der Waals surface area contributed by atoms with E-state index in [2.05, 4.69) is 9.72 Å². The molecule has 1 saturated heterocycles. The molecule has 8 nitrogen and oxygen atoms in total.